The van der Waals surface area contributed by atoms with Crippen molar-refractivity contribution < 1.29 is 0 Å². The molecular formula is C18H18ClNS. The van der Waals surface area contributed by atoms with E-state index < -0.39 is 0 Å². The average Bonchev–Trinajstić information content (AvgIpc) is 2.91. The van der Waals surface area contributed by atoms with E-state index in [0.29, 0.717) is 6.04 Å². The molecule has 0 aliphatic heterocycles. The molecule has 108 valence electrons. The molecule has 0 spiro atoms. The summed E-state index contributed by atoms with van der Waals surface area (Å²) in [6.45, 7) is 0. The molecule has 3 rings (SSSR count). The van der Waals surface area contributed by atoms with Gasteiger partial charge in [-0.15, -0.1) is 11.3 Å². The van der Waals surface area contributed by atoms with E-state index in [4.69, 9.17) is 11.6 Å². The van der Waals surface area contributed by atoms with Gasteiger partial charge in [0.1, 0.15) is 0 Å². The van der Waals surface area contributed by atoms with Crippen LogP contribution in [0.25, 0.3) is 10.8 Å². The van der Waals surface area contributed by atoms with Gasteiger partial charge in [-0.3, -0.25) is 0 Å². The van der Waals surface area contributed by atoms with E-state index in [9.17, 15) is 0 Å². The molecule has 1 nitrogen and oxygen atoms in total. The van der Waals surface area contributed by atoms with Gasteiger partial charge in [0.05, 0.1) is 4.34 Å². The smallest absolute Gasteiger partial charge is 0.0931 e. The average molecular weight is 316 g/mol. The summed E-state index contributed by atoms with van der Waals surface area (Å²) in [5, 5.41) is 6.03. The lowest BCUT2D eigenvalue weighted by molar-refractivity contribution is 0.560. The maximum Gasteiger partial charge on any atom is 0.0931 e. The molecule has 3 aromatic rings. The van der Waals surface area contributed by atoms with Crippen LogP contribution in [0.15, 0.2) is 54.6 Å². The summed E-state index contributed by atoms with van der Waals surface area (Å²) in [7, 11) is 2.03. The second-order valence-corrected chi connectivity index (χ2v) is 7.08. The summed E-state index contributed by atoms with van der Waals surface area (Å²) in [5.41, 5.74) is 1.37. The van der Waals surface area contributed by atoms with Gasteiger partial charge in [0.25, 0.3) is 0 Å². The molecule has 0 fully saturated rings. The number of thiophene rings is 1. The van der Waals surface area contributed by atoms with Crippen LogP contribution >= 0.6 is 22.9 Å². The second kappa shape index (κ2) is 6.61. The normalized spacial score (nSPS) is 12.7. The Morgan fingerprint density at radius 1 is 1.00 bits per heavy atom. The van der Waals surface area contributed by atoms with Crippen LogP contribution in [0, 0.1) is 0 Å². The summed E-state index contributed by atoms with van der Waals surface area (Å²) in [4.78, 5) is 1.33. The highest BCUT2D eigenvalue weighted by Gasteiger charge is 2.10. The van der Waals surface area contributed by atoms with Crippen LogP contribution in [0.4, 0.5) is 0 Å². The summed E-state index contributed by atoms with van der Waals surface area (Å²) < 4.78 is 0.866. The van der Waals surface area contributed by atoms with Gasteiger partial charge in [-0.25, -0.2) is 0 Å². The minimum Gasteiger partial charge on any atom is -0.316 e. The fourth-order valence-corrected chi connectivity index (χ4v) is 3.80. The van der Waals surface area contributed by atoms with E-state index in [1.54, 1.807) is 11.3 Å². The van der Waals surface area contributed by atoms with Gasteiger partial charge in [-0.05, 0) is 48.4 Å². The standard InChI is InChI=1S/C18H18ClNS/c1-20-16(12-17-8-9-18(19)21-17)11-13-6-7-14-4-2-3-5-15(14)10-13/h2-10,16,20H,11-12H2,1H3. The third kappa shape index (κ3) is 3.65. The molecule has 3 heteroatoms. The zero-order valence-electron chi connectivity index (χ0n) is 12.0. The molecule has 1 atom stereocenters. The van der Waals surface area contributed by atoms with Crippen LogP contribution in [0.5, 0.6) is 0 Å². The number of fused-ring (bicyclic) bond motifs is 1. The minimum absolute atomic E-state index is 0.431. The van der Waals surface area contributed by atoms with E-state index in [1.807, 2.05) is 13.1 Å². The first kappa shape index (κ1) is 14.6. The molecule has 1 heterocycles. The predicted octanol–water partition coefficient (Wildman–Crippen LogP) is 4.93. The number of hydrogen-bond donors (Lipinski definition) is 1. The summed E-state index contributed by atoms with van der Waals surface area (Å²) >= 11 is 7.68. The molecule has 21 heavy (non-hydrogen) atoms. The molecule has 0 saturated carbocycles. The second-order valence-electron chi connectivity index (χ2n) is 5.28. The van der Waals surface area contributed by atoms with Gasteiger partial charge in [0.15, 0.2) is 0 Å². The minimum atomic E-state index is 0.431. The molecule has 0 aliphatic rings. The molecule has 0 amide bonds. The third-order valence-corrected chi connectivity index (χ3v) is 5.03. The summed E-state index contributed by atoms with van der Waals surface area (Å²) in [6, 6.07) is 19.8. The lowest BCUT2D eigenvalue weighted by Gasteiger charge is -2.15. The van der Waals surface area contributed by atoms with Crippen LogP contribution < -0.4 is 5.32 Å². The Morgan fingerprint density at radius 2 is 1.81 bits per heavy atom. The zero-order chi connectivity index (χ0) is 14.7. The molecule has 0 radical (unpaired) electrons. The van der Waals surface area contributed by atoms with Crippen molar-refractivity contribution in [3.8, 4) is 0 Å². The van der Waals surface area contributed by atoms with Crippen molar-refractivity contribution in [2.75, 3.05) is 7.05 Å². The zero-order valence-corrected chi connectivity index (χ0v) is 13.5. The first-order valence-corrected chi connectivity index (χ1v) is 8.33. The number of halogens is 1. The number of benzene rings is 2. The van der Waals surface area contributed by atoms with Crippen LogP contribution in [0.3, 0.4) is 0 Å². The summed E-state index contributed by atoms with van der Waals surface area (Å²) in [6.07, 6.45) is 2.04. The molecule has 1 unspecified atom stereocenters. The van der Waals surface area contributed by atoms with E-state index in [1.165, 1.54) is 21.2 Å². The van der Waals surface area contributed by atoms with Crippen molar-refractivity contribution in [3.05, 3.63) is 69.4 Å². The number of hydrogen-bond acceptors (Lipinski definition) is 2. The van der Waals surface area contributed by atoms with Crippen molar-refractivity contribution in [1.82, 2.24) is 5.32 Å². The quantitative estimate of drug-likeness (QED) is 0.704. The van der Waals surface area contributed by atoms with Crippen molar-refractivity contribution in [2.45, 2.75) is 18.9 Å². The SMILES string of the molecule is CNC(Cc1ccc2ccccc2c1)Cc1ccc(Cl)s1. The Bertz CT molecular complexity index is 735. The number of likely N-dealkylation sites (N-methyl/N-ethyl adjacent to an activating group) is 1. The highest BCUT2D eigenvalue weighted by molar-refractivity contribution is 7.16. The highest BCUT2D eigenvalue weighted by atomic mass is 35.5. The van der Waals surface area contributed by atoms with E-state index >= 15 is 0 Å². The van der Waals surface area contributed by atoms with Crippen LogP contribution in [0.2, 0.25) is 4.34 Å². The highest BCUT2D eigenvalue weighted by Crippen LogP contribution is 2.23. The van der Waals surface area contributed by atoms with Crippen molar-refractivity contribution in [2.24, 2.45) is 0 Å². The lowest BCUT2D eigenvalue weighted by Crippen LogP contribution is -2.29. The molecule has 0 bridgehead atoms. The van der Waals surface area contributed by atoms with E-state index in [0.717, 1.165) is 17.2 Å². The Morgan fingerprint density at radius 3 is 2.52 bits per heavy atom. The molecule has 0 aliphatic carbocycles. The first-order valence-electron chi connectivity index (χ1n) is 7.14. The number of nitrogens with one attached hydrogen (secondary N) is 1. The van der Waals surface area contributed by atoms with Gasteiger partial charge in [-0.2, -0.15) is 0 Å². The van der Waals surface area contributed by atoms with Crippen molar-refractivity contribution in [1.29, 1.82) is 0 Å². The Hall–Kier alpha value is -1.35. The topological polar surface area (TPSA) is 12.0 Å². The third-order valence-electron chi connectivity index (χ3n) is 3.78. The van der Waals surface area contributed by atoms with Crippen molar-refractivity contribution >= 4 is 33.7 Å². The molecular weight excluding hydrogens is 298 g/mol. The van der Waals surface area contributed by atoms with Crippen LogP contribution in [0.1, 0.15) is 10.4 Å². The van der Waals surface area contributed by atoms with Gasteiger partial charge in [0, 0.05) is 10.9 Å². The van der Waals surface area contributed by atoms with Gasteiger partial charge in [0.2, 0.25) is 0 Å². The molecule has 1 aromatic heterocycles. The first-order chi connectivity index (χ1) is 10.2. The van der Waals surface area contributed by atoms with Crippen molar-refractivity contribution in [3.63, 3.8) is 0 Å². The largest absolute Gasteiger partial charge is 0.316 e. The molecule has 1 N–H and O–H groups in total. The molecule has 2 aromatic carbocycles. The Balaban J connectivity index is 1.75. The maximum absolute atomic E-state index is 6.01. The fourth-order valence-electron chi connectivity index (χ4n) is 2.63. The van der Waals surface area contributed by atoms with E-state index in [2.05, 4.69) is 53.8 Å². The lowest BCUT2D eigenvalue weighted by atomic mass is 9.99. The predicted molar refractivity (Wildman–Crippen MR) is 93.5 cm³/mol. The van der Waals surface area contributed by atoms with Gasteiger partial charge >= 0.3 is 0 Å². The van der Waals surface area contributed by atoms with Crippen LogP contribution in [-0.2, 0) is 12.8 Å². The Kier molecular flexibility index (Phi) is 4.59. The van der Waals surface area contributed by atoms with Crippen LogP contribution in [-0.4, -0.2) is 13.1 Å². The fraction of sp³-hybridized carbons (Fsp3) is 0.222. The number of rotatable bonds is 5. The maximum atomic E-state index is 6.01. The monoisotopic (exact) mass is 315 g/mol. The molecule has 0 saturated heterocycles. The Labute approximate surface area is 134 Å². The van der Waals surface area contributed by atoms with Gasteiger partial charge in [-0.1, -0.05) is 54.1 Å². The van der Waals surface area contributed by atoms with Gasteiger partial charge < -0.3 is 5.32 Å². The summed E-state index contributed by atoms with van der Waals surface area (Å²) in [5.74, 6) is 0. The van der Waals surface area contributed by atoms with E-state index in [-0.39, 0.29) is 0 Å².